The van der Waals surface area contributed by atoms with E-state index in [0.717, 1.165) is 25.9 Å². The Morgan fingerprint density at radius 1 is 0.609 bits per heavy atom. The highest BCUT2D eigenvalue weighted by Crippen LogP contribution is 2.47. The van der Waals surface area contributed by atoms with Crippen LogP contribution in [0.5, 0.6) is 0 Å². The van der Waals surface area contributed by atoms with E-state index in [4.69, 9.17) is 15.6 Å². The van der Waals surface area contributed by atoms with E-state index in [1.54, 1.807) is 0 Å². The first-order valence-electron chi connectivity index (χ1n) is 9.71. The van der Waals surface area contributed by atoms with Crippen molar-refractivity contribution >= 4 is 16.6 Å². The molecule has 0 aromatic carbocycles. The lowest BCUT2D eigenvalue weighted by Crippen LogP contribution is -2.58. The minimum atomic E-state index is -1.84. The Morgan fingerprint density at radius 2 is 0.870 bits per heavy atom. The molecular formula is C18H44N2OSi2. The molecule has 0 aliphatic rings. The Bertz CT molecular complexity index is 274. The van der Waals surface area contributed by atoms with Crippen LogP contribution >= 0.6 is 0 Å². The highest BCUT2D eigenvalue weighted by atomic mass is 28.4. The molecule has 0 radical (unpaired) electrons. The van der Waals surface area contributed by atoms with Gasteiger partial charge >= 0.3 is 0 Å². The van der Waals surface area contributed by atoms with Crippen molar-refractivity contribution in [1.29, 1.82) is 0 Å². The highest BCUT2D eigenvalue weighted by Gasteiger charge is 2.51. The second-order valence-electron chi connectivity index (χ2n) is 8.42. The Hall–Kier alpha value is 0.314. The van der Waals surface area contributed by atoms with Crippen molar-refractivity contribution in [2.45, 2.75) is 102 Å². The van der Waals surface area contributed by atoms with Crippen LogP contribution in [0.3, 0.4) is 0 Å². The fourth-order valence-electron chi connectivity index (χ4n) is 4.17. The summed E-state index contributed by atoms with van der Waals surface area (Å²) in [6, 6.07) is 2.41. The van der Waals surface area contributed by atoms with Crippen LogP contribution in [0.1, 0.15) is 68.2 Å². The van der Waals surface area contributed by atoms with Crippen molar-refractivity contribution in [3.8, 4) is 0 Å². The minimum Gasteiger partial charge on any atom is -0.454 e. The fraction of sp³-hybridized carbons (Fsp3) is 1.00. The molecule has 0 saturated heterocycles. The van der Waals surface area contributed by atoms with Gasteiger partial charge in [-0.2, -0.15) is 0 Å². The van der Waals surface area contributed by atoms with Crippen LogP contribution in [0.4, 0.5) is 0 Å². The molecule has 23 heavy (non-hydrogen) atoms. The van der Waals surface area contributed by atoms with Gasteiger partial charge in [-0.1, -0.05) is 55.4 Å². The first-order valence-corrected chi connectivity index (χ1v) is 14.2. The van der Waals surface area contributed by atoms with Gasteiger partial charge in [-0.25, -0.2) is 0 Å². The lowest BCUT2D eigenvalue weighted by molar-refractivity contribution is 0.444. The van der Waals surface area contributed by atoms with Crippen molar-refractivity contribution in [2.24, 2.45) is 11.5 Å². The Kier molecular flexibility index (Phi) is 10.5. The van der Waals surface area contributed by atoms with Crippen molar-refractivity contribution in [1.82, 2.24) is 0 Å². The smallest absolute Gasteiger partial charge is 0.184 e. The molecule has 140 valence electrons. The molecule has 5 heteroatoms. The Morgan fingerprint density at radius 3 is 1.04 bits per heavy atom. The van der Waals surface area contributed by atoms with E-state index in [2.05, 4.69) is 55.4 Å². The zero-order valence-electron chi connectivity index (χ0n) is 17.1. The normalized spacial score (nSPS) is 13.8. The largest absolute Gasteiger partial charge is 0.454 e. The van der Waals surface area contributed by atoms with Crippen LogP contribution in [-0.4, -0.2) is 29.7 Å². The van der Waals surface area contributed by atoms with Gasteiger partial charge in [0.2, 0.25) is 0 Å². The fourth-order valence-corrected chi connectivity index (χ4v) is 18.1. The average Bonchev–Trinajstić information content (AvgIpc) is 2.45. The maximum Gasteiger partial charge on any atom is 0.184 e. The van der Waals surface area contributed by atoms with Gasteiger partial charge in [-0.3, -0.25) is 0 Å². The zero-order valence-corrected chi connectivity index (χ0v) is 19.1. The minimum absolute atomic E-state index is 0.635. The number of rotatable bonds is 12. The summed E-state index contributed by atoms with van der Waals surface area (Å²) in [5, 5.41) is 0. The van der Waals surface area contributed by atoms with Crippen molar-refractivity contribution < 1.29 is 4.12 Å². The van der Waals surface area contributed by atoms with Crippen molar-refractivity contribution in [3.05, 3.63) is 0 Å². The molecule has 0 aromatic rings. The van der Waals surface area contributed by atoms with E-state index in [1.807, 2.05) is 0 Å². The average molecular weight is 361 g/mol. The maximum atomic E-state index is 7.44. The summed E-state index contributed by atoms with van der Waals surface area (Å²) in [6.45, 7) is 20.6. The van der Waals surface area contributed by atoms with E-state index < -0.39 is 16.6 Å². The second kappa shape index (κ2) is 10.3. The van der Waals surface area contributed by atoms with E-state index in [1.165, 1.54) is 12.1 Å². The predicted octanol–water partition coefficient (Wildman–Crippen LogP) is 5.23. The summed E-state index contributed by atoms with van der Waals surface area (Å²) in [6.07, 6.45) is 2.19. The molecule has 4 N–H and O–H groups in total. The zero-order chi connectivity index (χ0) is 18.3. The first kappa shape index (κ1) is 23.3. The molecule has 3 nitrogen and oxygen atoms in total. The van der Waals surface area contributed by atoms with Crippen LogP contribution in [-0.2, 0) is 4.12 Å². The van der Waals surface area contributed by atoms with Gasteiger partial charge in [-0.05, 0) is 60.2 Å². The molecule has 0 rings (SSSR count). The van der Waals surface area contributed by atoms with Gasteiger partial charge in [0.05, 0.1) is 0 Å². The Balaban J connectivity index is 5.82. The lowest BCUT2D eigenvalue weighted by atomic mass is 10.5. The SMILES string of the molecule is CC(C)[Si](CCCN)(O[Si](CCCN)(C(C)C)C(C)C)C(C)C. The monoisotopic (exact) mass is 360 g/mol. The van der Waals surface area contributed by atoms with Crippen LogP contribution in [0, 0.1) is 0 Å². The molecule has 0 saturated carbocycles. The molecule has 0 aliphatic heterocycles. The molecule has 0 aromatic heterocycles. The van der Waals surface area contributed by atoms with E-state index in [-0.39, 0.29) is 0 Å². The van der Waals surface area contributed by atoms with Crippen LogP contribution in [0.25, 0.3) is 0 Å². The van der Waals surface area contributed by atoms with Gasteiger partial charge in [0.15, 0.2) is 16.6 Å². The number of hydrogen-bond donors (Lipinski definition) is 2. The predicted molar refractivity (Wildman–Crippen MR) is 110 cm³/mol. The van der Waals surface area contributed by atoms with Gasteiger partial charge in [0.25, 0.3) is 0 Å². The second-order valence-corrected chi connectivity index (χ2v) is 18.7. The molecule has 0 amide bonds. The standard InChI is InChI=1S/C18H44N2OSi2/c1-15(2)22(16(3)4,13-9-11-19)21-23(17(5)6,18(7)8)14-10-12-20/h15-18H,9-14,19-20H2,1-8H3. The summed E-state index contributed by atoms with van der Waals surface area (Å²) in [7, 11) is -3.68. The molecular weight excluding hydrogens is 316 g/mol. The summed E-state index contributed by atoms with van der Waals surface area (Å²) in [5.74, 6) is 0. The molecule has 0 bridgehead atoms. The van der Waals surface area contributed by atoms with Crippen molar-refractivity contribution in [2.75, 3.05) is 13.1 Å². The third-order valence-corrected chi connectivity index (χ3v) is 19.0. The molecule has 0 aliphatic carbocycles. The molecule has 0 unspecified atom stereocenters. The third-order valence-electron chi connectivity index (χ3n) is 5.83. The third kappa shape index (κ3) is 5.67. The van der Waals surface area contributed by atoms with Gasteiger partial charge in [-0.15, -0.1) is 0 Å². The van der Waals surface area contributed by atoms with Crippen LogP contribution < -0.4 is 11.5 Å². The van der Waals surface area contributed by atoms with E-state index in [0.29, 0.717) is 22.2 Å². The lowest BCUT2D eigenvalue weighted by Gasteiger charge is -2.50. The number of nitrogens with two attached hydrogens (primary N) is 2. The molecule has 0 heterocycles. The van der Waals surface area contributed by atoms with Gasteiger partial charge in [0, 0.05) is 0 Å². The molecule has 0 atom stereocenters. The summed E-state index contributed by atoms with van der Waals surface area (Å²) < 4.78 is 7.44. The highest BCUT2D eigenvalue weighted by molar-refractivity contribution is 6.89. The molecule has 0 fully saturated rings. The molecule has 0 spiro atoms. The number of hydrogen-bond acceptors (Lipinski definition) is 3. The topological polar surface area (TPSA) is 61.3 Å². The summed E-state index contributed by atoms with van der Waals surface area (Å²) in [5.41, 5.74) is 14.3. The van der Waals surface area contributed by atoms with E-state index in [9.17, 15) is 0 Å². The van der Waals surface area contributed by atoms with Crippen molar-refractivity contribution in [3.63, 3.8) is 0 Å². The van der Waals surface area contributed by atoms with Gasteiger partial charge in [0.1, 0.15) is 0 Å². The first-order chi connectivity index (χ1) is 10.6. The Labute approximate surface area is 148 Å². The summed E-state index contributed by atoms with van der Waals surface area (Å²) in [4.78, 5) is 0. The van der Waals surface area contributed by atoms with E-state index >= 15 is 0 Å². The quantitative estimate of drug-likeness (QED) is 0.468. The summed E-state index contributed by atoms with van der Waals surface area (Å²) >= 11 is 0. The van der Waals surface area contributed by atoms with Gasteiger partial charge < -0.3 is 15.6 Å². The maximum absolute atomic E-state index is 7.44. The van der Waals surface area contributed by atoms with Crippen LogP contribution in [0.15, 0.2) is 0 Å². The van der Waals surface area contributed by atoms with Crippen LogP contribution in [0.2, 0.25) is 34.3 Å².